The SMILES string of the molecule is COc1cc(Nc2cc(NC3(C)CC3)cs2)ccc1N1CCC(N(C)C)CC1. The zero-order valence-corrected chi connectivity index (χ0v) is 18.2. The van der Waals surface area contributed by atoms with Gasteiger partial charge in [-0.1, -0.05) is 0 Å². The van der Waals surface area contributed by atoms with E-state index in [-0.39, 0.29) is 0 Å². The van der Waals surface area contributed by atoms with Crippen molar-refractivity contribution in [3.8, 4) is 5.75 Å². The number of hydrogen-bond donors (Lipinski definition) is 2. The van der Waals surface area contributed by atoms with Gasteiger partial charge in [-0.25, -0.2) is 0 Å². The minimum absolute atomic E-state index is 0.309. The molecule has 0 unspecified atom stereocenters. The number of rotatable bonds is 7. The number of nitrogens with one attached hydrogen (secondary N) is 2. The van der Waals surface area contributed by atoms with Crippen LogP contribution in [0.2, 0.25) is 0 Å². The Morgan fingerprint density at radius 2 is 1.89 bits per heavy atom. The standard InChI is InChI=1S/C22H32N4OS/c1-22(9-10-22)24-17-14-21(28-15-17)23-16-5-6-19(20(13-16)27-4)26-11-7-18(8-12-26)25(2)3/h5-6,13-15,18,23-24H,7-12H2,1-4H3. The Bertz CT molecular complexity index is 807. The van der Waals surface area contributed by atoms with Gasteiger partial charge < -0.3 is 25.2 Å². The van der Waals surface area contributed by atoms with Crippen molar-refractivity contribution in [3.05, 3.63) is 29.6 Å². The highest BCUT2D eigenvalue weighted by Gasteiger charge is 2.37. The highest BCUT2D eigenvalue weighted by Crippen LogP contribution is 2.40. The molecule has 4 rings (SSSR count). The molecule has 0 spiro atoms. The molecular weight excluding hydrogens is 368 g/mol. The molecule has 0 bridgehead atoms. The molecule has 1 aliphatic carbocycles. The lowest BCUT2D eigenvalue weighted by atomic mass is 10.0. The number of thiophene rings is 1. The maximum atomic E-state index is 5.73. The Hall–Kier alpha value is -1.92. The maximum Gasteiger partial charge on any atom is 0.144 e. The summed E-state index contributed by atoms with van der Waals surface area (Å²) < 4.78 is 5.73. The van der Waals surface area contributed by atoms with Crippen LogP contribution in [0.3, 0.4) is 0 Å². The Morgan fingerprint density at radius 1 is 1.14 bits per heavy atom. The van der Waals surface area contributed by atoms with Gasteiger partial charge in [-0.3, -0.25) is 0 Å². The van der Waals surface area contributed by atoms with Gasteiger partial charge in [-0.15, -0.1) is 11.3 Å². The minimum atomic E-state index is 0.309. The van der Waals surface area contributed by atoms with Gasteiger partial charge in [0.25, 0.3) is 0 Å². The molecule has 2 fully saturated rings. The zero-order chi connectivity index (χ0) is 19.7. The summed E-state index contributed by atoms with van der Waals surface area (Å²) in [6.07, 6.45) is 4.91. The molecule has 1 aromatic heterocycles. The van der Waals surface area contributed by atoms with E-state index in [4.69, 9.17) is 4.74 Å². The summed E-state index contributed by atoms with van der Waals surface area (Å²) in [4.78, 5) is 4.79. The van der Waals surface area contributed by atoms with E-state index < -0.39 is 0 Å². The van der Waals surface area contributed by atoms with Crippen LogP contribution < -0.4 is 20.3 Å². The summed E-state index contributed by atoms with van der Waals surface area (Å²) in [7, 11) is 6.12. The molecule has 2 N–H and O–H groups in total. The first kappa shape index (κ1) is 19.4. The van der Waals surface area contributed by atoms with Crippen LogP contribution in [0.5, 0.6) is 5.75 Å². The largest absolute Gasteiger partial charge is 0.495 e. The van der Waals surface area contributed by atoms with Crippen molar-refractivity contribution in [1.29, 1.82) is 0 Å². The Kier molecular flexibility index (Phi) is 5.43. The van der Waals surface area contributed by atoms with Crippen LogP contribution in [-0.4, -0.2) is 50.8 Å². The third kappa shape index (κ3) is 4.39. The molecule has 28 heavy (non-hydrogen) atoms. The monoisotopic (exact) mass is 400 g/mol. The quantitative estimate of drug-likeness (QED) is 0.685. The van der Waals surface area contributed by atoms with Gasteiger partial charge in [-0.05, 0) is 64.9 Å². The molecule has 0 atom stereocenters. The molecule has 2 heterocycles. The molecule has 5 nitrogen and oxygen atoms in total. The van der Waals surface area contributed by atoms with Crippen LogP contribution >= 0.6 is 11.3 Å². The summed E-state index contributed by atoms with van der Waals surface area (Å²) in [5.41, 5.74) is 3.78. The predicted octanol–water partition coefficient (Wildman–Crippen LogP) is 5.00. The van der Waals surface area contributed by atoms with Crippen molar-refractivity contribution in [1.82, 2.24) is 4.90 Å². The van der Waals surface area contributed by atoms with Gasteiger partial charge in [0.2, 0.25) is 0 Å². The summed E-state index contributed by atoms with van der Waals surface area (Å²) in [6.45, 7) is 4.43. The van der Waals surface area contributed by atoms with Crippen LogP contribution in [0.15, 0.2) is 29.6 Å². The molecular formula is C22H32N4OS. The number of piperidine rings is 1. The van der Waals surface area contributed by atoms with Crippen LogP contribution in [0.1, 0.15) is 32.6 Å². The van der Waals surface area contributed by atoms with Crippen molar-refractivity contribution in [3.63, 3.8) is 0 Å². The van der Waals surface area contributed by atoms with Gasteiger partial charge in [-0.2, -0.15) is 0 Å². The Balaban J connectivity index is 1.42. The Morgan fingerprint density at radius 3 is 2.54 bits per heavy atom. The van der Waals surface area contributed by atoms with Crippen molar-refractivity contribution in [2.75, 3.05) is 49.8 Å². The molecule has 2 aromatic rings. The molecule has 152 valence electrons. The van der Waals surface area contributed by atoms with Crippen LogP contribution in [0.4, 0.5) is 22.1 Å². The second-order valence-corrected chi connectivity index (χ2v) is 9.49. The van der Waals surface area contributed by atoms with E-state index >= 15 is 0 Å². The molecule has 6 heteroatoms. The number of methoxy groups -OCH3 is 1. The molecule has 0 radical (unpaired) electrons. The second kappa shape index (κ2) is 7.84. The summed E-state index contributed by atoms with van der Waals surface area (Å²) in [5, 5.41) is 10.5. The molecule has 1 aromatic carbocycles. The van der Waals surface area contributed by atoms with E-state index in [0.29, 0.717) is 11.6 Å². The normalized spacial score (nSPS) is 19.0. The smallest absolute Gasteiger partial charge is 0.144 e. The first-order valence-corrected chi connectivity index (χ1v) is 11.1. The molecule has 2 aliphatic rings. The highest BCUT2D eigenvalue weighted by molar-refractivity contribution is 7.14. The highest BCUT2D eigenvalue weighted by atomic mass is 32.1. The lowest BCUT2D eigenvalue weighted by molar-refractivity contribution is 0.249. The Labute approximate surface area is 172 Å². The molecule has 1 aliphatic heterocycles. The number of anilines is 4. The minimum Gasteiger partial charge on any atom is -0.495 e. The second-order valence-electron chi connectivity index (χ2n) is 8.58. The first-order chi connectivity index (χ1) is 13.5. The summed E-state index contributed by atoms with van der Waals surface area (Å²) in [6, 6.07) is 9.34. The van der Waals surface area contributed by atoms with Crippen molar-refractivity contribution >= 4 is 33.4 Å². The van der Waals surface area contributed by atoms with Crippen molar-refractivity contribution < 1.29 is 4.74 Å². The average Bonchev–Trinajstić information content (AvgIpc) is 3.26. The fraction of sp³-hybridized carbons (Fsp3) is 0.545. The lowest BCUT2D eigenvalue weighted by Gasteiger charge is -2.37. The van der Waals surface area contributed by atoms with Crippen molar-refractivity contribution in [2.24, 2.45) is 0 Å². The zero-order valence-electron chi connectivity index (χ0n) is 17.4. The van der Waals surface area contributed by atoms with Gasteiger partial charge in [0, 0.05) is 47.5 Å². The van der Waals surface area contributed by atoms with E-state index in [2.05, 4.69) is 71.1 Å². The summed E-state index contributed by atoms with van der Waals surface area (Å²) >= 11 is 1.73. The van der Waals surface area contributed by atoms with E-state index in [1.165, 1.54) is 37.1 Å². The average molecular weight is 401 g/mol. The topological polar surface area (TPSA) is 39.8 Å². The predicted molar refractivity (Wildman–Crippen MR) is 121 cm³/mol. The number of hydrogen-bond acceptors (Lipinski definition) is 6. The van der Waals surface area contributed by atoms with Crippen LogP contribution in [-0.2, 0) is 0 Å². The third-order valence-corrected chi connectivity index (χ3v) is 6.87. The van der Waals surface area contributed by atoms with Crippen molar-refractivity contribution in [2.45, 2.75) is 44.2 Å². The van der Waals surface area contributed by atoms with Gasteiger partial charge >= 0.3 is 0 Å². The third-order valence-electron chi connectivity index (χ3n) is 6.03. The number of nitrogens with zero attached hydrogens (tertiary/aromatic N) is 2. The van der Waals surface area contributed by atoms with E-state index in [1.54, 1.807) is 18.4 Å². The summed E-state index contributed by atoms with van der Waals surface area (Å²) in [5.74, 6) is 0.939. The molecule has 0 amide bonds. The maximum absolute atomic E-state index is 5.73. The van der Waals surface area contributed by atoms with E-state index in [1.807, 2.05) is 0 Å². The van der Waals surface area contributed by atoms with Gasteiger partial charge in [0.05, 0.1) is 17.8 Å². The van der Waals surface area contributed by atoms with Crippen LogP contribution in [0.25, 0.3) is 0 Å². The fourth-order valence-electron chi connectivity index (χ4n) is 3.91. The number of benzene rings is 1. The van der Waals surface area contributed by atoms with Gasteiger partial charge in [0.15, 0.2) is 0 Å². The molecule has 1 saturated heterocycles. The molecule has 1 saturated carbocycles. The fourth-order valence-corrected chi connectivity index (χ4v) is 4.66. The first-order valence-electron chi connectivity index (χ1n) is 10.2. The lowest BCUT2D eigenvalue weighted by Crippen LogP contribution is -2.42. The van der Waals surface area contributed by atoms with Gasteiger partial charge in [0.1, 0.15) is 5.75 Å². The van der Waals surface area contributed by atoms with Crippen LogP contribution in [0, 0.1) is 0 Å². The number of ether oxygens (including phenoxy) is 1. The van der Waals surface area contributed by atoms with E-state index in [0.717, 1.165) is 29.5 Å². The van der Waals surface area contributed by atoms with E-state index in [9.17, 15) is 0 Å².